The van der Waals surface area contributed by atoms with Gasteiger partial charge in [-0.25, -0.2) is 5.43 Å². The van der Waals surface area contributed by atoms with Crippen LogP contribution in [0.5, 0.6) is 0 Å². The van der Waals surface area contributed by atoms with Crippen LogP contribution in [0.4, 0.5) is 0 Å². The summed E-state index contributed by atoms with van der Waals surface area (Å²) in [6, 6.07) is 8.10. The molecule has 3 heteroatoms. The van der Waals surface area contributed by atoms with Crippen molar-refractivity contribution in [3.63, 3.8) is 0 Å². The van der Waals surface area contributed by atoms with Gasteiger partial charge in [0.25, 0.3) is 0 Å². The predicted molar refractivity (Wildman–Crippen MR) is 59.2 cm³/mol. The van der Waals surface area contributed by atoms with Gasteiger partial charge in [-0.15, -0.1) is 0 Å². The average Bonchev–Trinajstić information content (AvgIpc) is 2.70. The summed E-state index contributed by atoms with van der Waals surface area (Å²) in [5, 5.41) is 1.72. The number of amides is 1. The predicted octanol–water partition coefficient (Wildman–Crippen LogP) is 1.27. The van der Waals surface area contributed by atoms with Crippen LogP contribution in [0.1, 0.15) is 17.5 Å². The highest BCUT2D eigenvalue weighted by Gasteiger charge is 2.17. The minimum absolute atomic E-state index is 0.165. The van der Waals surface area contributed by atoms with Crippen molar-refractivity contribution in [2.75, 3.05) is 13.1 Å². The van der Waals surface area contributed by atoms with Gasteiger partial charge in [0, 0.05) is 13.1 Å². The summed E-state index contributed by atoms with van der Waals surface area (Å²) in [7, 11) is 0. The summed E-state index contributed by atoms with van der Waals surface area (Å²) in [4.78, 5) is 11.8. The standard InChI is InChI=1S/C12H16N2O/c1-10-4-2-5-11(8-10)9-12(15)14-7-3-6-13-14/h2,4-5,8,13H,3,6-7,9H2,1H3. The van der Waals surface area contributed by atoms with Crippen molar-refractivity contribution in [2.45, 2.75) is 19.8 Å². The molecule has 1 aromatic carbocycles. The first-order chi connectivity index (χ1) is 7.25. The number of rotatable bonds is 2. The van der Waals surface area contributed by atoms with Crippen LogP contribution >= 0.6 is 0 Å². The first kappa shape index (κ1) is 10.2. The number of carbonyl (C=O) groups is 1. The molecule has 0 bridgehead atoms. The molecule has 0 radical (unpaired) electrons. The fourth-order valence-electron chi connectivity index (χ4n) is 1.84. The van der Waals surface area contributed by atoms with Gasteiger partial charge in [0.15, 0.2) is 0 Å². The number of hydrogen-bond donors (Lipinski definition) is 1. The van der Waals surface area contributed by atoms with Crippen LogP contribution in [0.25, 0.3) is 0 Å². The van der Waals surface area contributed by atoms with E-state index >= 15 is 0 Å². The smallest absolute Gasteiger partial charge is 0.241 e. The molecule has 1 amide bonds. The molecular weight excluding hydrogens is 188 g/mol. The van der Waals surface area contributed by atoms with Crippen LogP contribution in [0.3, 0.4) is 0 Å². The van der Waals surface area contributed by atoms with Gasteiger partial charge in [0.05, 0.1) is 6.42 Å². The van der Waals surface area contributed by atoms with Crippen LogP contribution in [-0.2, 0) is 11.2 Å². The minimum atomic E-state index is 0.165. The fourth-order valence-corrected chi connectivity index (χ4v) is 1.84. The molecule has 2 rings (SSSR count). The molecule has 1 heterocycles. The lowest BCUT2D eigenvalue weighted by molar-refractivity contribution is -0.131. The Bertz CT molecular complexity index is 356. The fraction of sp³-hybridized carbons (Fsp3) is 0.417. The second kappa shape index (κ2) is 4.45. The number of hydrazine groups is 1. The zero-order valence-electron chi connectivity index (χ0n) is 8.99. The number of benzene rings is 1. The Balaban J connectivity index is 1.99. The van der Waals surface area contributed by atoms with Crippen LogP contribution in [0, 0.1) is 6.92 Å². The summed E-state index contributed by atoms with van der Waals surface area (Å²) >= 11 is 0. The molecule has 0 atom stereocenters. The summed E-state index contributed by atoms with van der Waals surface area (Å²) < 4.78 is 0. The Hall–Kier alpha value is -1.35. The first-order valence-electron chi connectivity index (χ1n) is 5.35. The van der Waals surface area contributed by atoms with Gasteiger partial charge in [-0.05, 0) is 18.9 Å². The molecular formula is C12H16N2O. The van der Waals surface area contributed by atoms with Gasteiger partial charge >= 0.3 is 0 Å². The molecule has 3 nitrogen and oxygen atoms in total. The van der Waals surface area contributed by atoms with E-state index in [9.17, 15) is 4.79 Å². The van der Waals surface area contributed by atoms with Crippen molar-refractivity contribution in [3.8, 4) is 0 Å². The van der Waals surface area contributed by atoms with Crippen molar-refractivity contribution in [3.05, 3.63) is 35.4 Å². The molecule has 15 heavy (non-hydrogen) atoms. The Morgan fingerprint density at radius 1 is 1.53 bits per heavy atom. The number of nitrogens with zero attached hydrogens (tertiary/aromatic N) is 1. The lowest BCUT2D eigenvalue weighted by Crippen LogP contribution is -2.37. The van der Waals surface area contributed by atoms with E-state index in [0.29, 0.717) is 6.42 Å². The average molecular weight is 204 g/mol. The van der Waals surface area contributed by atoms with Crippen LogP contribution in [0.2, 0.25) is 0 Å². The molecule has 0 unspecified atom stereocenters. The zero-order chi connectivity index (χ0) is 10.7. The molecule has 80 valence electrons. The molecule has 0 aromatic heterocycles. The van der Waals surface area contributed by atoms with E-state index < -0.39 is 0 Å². The SMILES string of the molecule is Cc1cccc(CC(=O)N2CCCN2)c1. The molecule has 0 spiro atoms. The van der Waals surface area contributed by atoms with E-state index in [1.54, 1.807) is 5.01 Å². The lowest BCUT2D eigenvalue weighted by Gasteiger charge is -2.15. The third-order valence-electron chi connectivity index (χ3n) is 2.60. The monoisotopic (exact) mass is 204 g/mol. The van der Waals surface area contributed by atoms with Crippen molar-refractivity contribution >= 4 is 5.91 Å². The Morgan fingerprint density at radius 3 is 3.07 bits per heavy atom. The summed E-state index contributed by atoms with van der Waals surface area (Å²) in [5.41, 5.74) is 5.37. The molecule has 1 saturated heterocycles. The Morgan fingerprint density at radius 2 is 2.40 bits per heavy atom. The maximum atomic E-state index is 11.8. The van der Waals surface area contributed by atoms with Crippen molar-refractivity contribution < 1.29 is 4.79 Å². The molecule has 1 N–H and O–H groups in total. The highest BCUT2D eigenvalue weighted by molar-refractivity contribution is 5.78. The summed E-state index contributed by atoms with van der Waals surface area (Å²) in [6.07, 6.45) is 1.55. The topological polar surface area (TPSA) is 32.3 Å². The molecule has 0 saturated carbocycles. The summed E-state index contributed by atoms with van der Waals surface area (Å²) in [6.45, 7) is 3.80. The Kier molecular flexibility index (Phi) is 3.02. The number of carbonyl (C=O) groups excluding carboxylic acids is 1. The molecule has 0 aliphatic carbocycles. The van der Waals surface area contributed by atoms with Gasteiger partial charge in [0.1, 0.15) is 0 Å². The highest BCUT2D eigenvalue weighted by atomic mass is 16.2. The van der Waals surface area contributed by atoms with E-state index in [4.69, 9.17) is 0 Å². The van der Waals surface area contributed by atoms with E-state index in [2.05, 4.69) is 11.5 Å². The van der Waals surface area contributed by atoms with Gasteiger partial charge in [0.2, 0.25) is 5.91 Å². The van der Waals surface area contributed by atoms with Crippen molar-refractivity contribution in [2.24, 2.45) is 0 Å². The maximum Gasteiger partial charge on any atom is 0.241 e. The largest absolute Gasteiger partial charge is 0.278 e. The lowest BCUT2D eigenvalue weighted by atomic mass is 10.1. The quantitative estimate of drug-likeness (QED) is 0.787. The maximum absolute atomic E-state index is 11.8. The van der Waals surface area contributed by atoms with Gasteiger partial charge in [-0.2, -0.15) is 0 Å². The second-order valence-corrected chi connectivity index (χ2v) is 3.97. The van der Waals surface area contributed by atoms with Gasteiger partial charge < -0.3 is 0 Å². The molecule has 1 aliphatic rings. The van der Waals surface area contributed by atoms with Crippen LogP contribution in [-0.4, -0.2) is 24.0 Å². The van der Waals surface area contributed by atoms with E-state index in [-0.39, 0.29) is 5.91 Å². The first-order valence-corrected chi connectivity index (χ1v) is 5.35. The van der Waals surface area contributed by atoms with Crippen LogP contribution in [0.15, 0.2) is 24.3 Å². The van der Waals surface area contributed by atoms with E-state index in [1.807, 2.05) is 25.1 Å². The molecule has 1 fully saturated rings. The van der Waals surface area contributed by atoms with E-state index in [1.165, 1.54) is 5.56 Å². The number of aryl methyl sites for hydroxylation is 1. The third-order valence-corrected chi connectivity index (χ3v) is 2.60. The Labute approximate surface area is 90.1 Å². The minimum Gasteiger partial charge on any atom is -0.278 e. The normalized spacial score (nSPS) is 15.7. The van der Waals surface area contributed by atoms with Crippen molar-refractivity contribution in [1.82, 2.24) is 10.4 Å². The molecule has 1 aromatic rings. The van der Waals surface area contributed by atoms with Gasteiger partial charge in [-0.1, -0.05) is 29.8 Å². The third kappa shape index (κ3) is 2.57. The molecule has 1 aliphatic heterocycles. The second-order valence-electron chi connectivity index (χ2n) is 3.97. The van der Waals surface area contributed by atoms with Gasteiger partial charge in [-0.3, -0.25) is 9.80 Å². The highest BCUT2D eigenvalue weighted by Crippen LogP contribution is 2.07. The zero-order valence-corrected chi connectivity index (χ0v) is 8.99. The van der Waals surface area contributed by atoms with Crippen molar-refractivity contribution in [1.29, 1.82) is 0 Å². The number of hydrogen-bond acceptors (Lipinski definition) is 2. The summed E-state index contributed by atoms with van der Waals surface area (Å²) in [5.74, 6) is 0.165. The van der Waals surface area contributed by atoms with Crippen LogP contribution < -0.4 is 5.43 Å². The number of nitrogens with one attached hydrogen (secondary N) is 1. The van der Waals surface area contributed by atoms with E-state index in [0.717, 1.165) is 25.1 Å².